The molecule has 8 heteroatoms. The normalized spacial score (nSPS) is 10.3. The van der Waals surface area contributed by atoms with Gasteiger partial charge in [0.2, 0.25) is 11.7 Å². The van der Waals surface area contributed by atoms with E-state index in [0.29, 0.717) is 29.3 Å². The molecule has 1 aromatic carbocycles. The summed E-state index contributed by atoms with van der Waals surface area (Å²) in [5.41, 5.74) is 2.03. The molecule has 116 valence electrons. The fourth-order valence-corrected chi connectivity index (χ4v) is 2.06. The van der Waals surface area contributed by atoms with Crippen LogP contribution in [0, 0.1) is 0 Å². The predicted molar refractivity (Wildman–Crippen MR) is 80.1 cm³/mol. The van der Waals surface area contributed by atoms with Gasteiger partial charge in [0, 0.05) is 17.2 Å². The van der Waals surface area contributed by atoms with Crippen molar-refractivity contribution in [2.45, 2.75) is 6.61 Å². The highest BCUT2D eigenvalue weighted by molar-refractivity contribution is 5.79. The molecule has 2 aromatic heterocycles. The molecule has 8 nitrogen and oxygen atoms in total. The Morgan fingerprint density at radius 1 is 1.30 bits per heavy atom. The van der Waals surface area contributed by atoms with Gasteiger partial charge in [-0.15, -0.1) is 10.2 Å². The van der Waals surface area contributed by atoms with Crippen molar-refractivity contribution in [3.05, 3.63) is 47.7 Å². The zero-order valence-corrected chi connectivity index (χ0v) is 12.3. The van der Waals surface area contributed by atoms with E-state index in [4.69, 9.17) is 9.47 Å². The molecule has 0 amide bonds. The van der Waals surface area contributed by atoms with Crippen LogP contribution < -0.4 is 9.47 Å². The Bertz CT molecular complexity index is 805. The second kappa shape index (κ2) is 6.65. The summed E-state index contributed by atoms with van der Waals surface area (Å²) in [5, 5.41) is 13.9. The second-order valence-corrected chi connectivity index (χ2v) is 4.56. The Kier molecular flexibility index (Phi) is 4.23. The van der Waals surface area contributed by atoms with E-state index in [1.165, 1.54) is 19.4 Å². The number of tetrazole rings is 1. The third kappa shape index (κ3) is 3.15. The summed E-state index contributed by atoms with van der Waals surface area (Å²) >= 11 is 0. The molecule has 0 saturated carbocycles. The van der Waals surface area contributed by atoms with Gasteiger partial charge in [-0.1, -0.05) is 24.3 Å². The summed E-state index contributed by atoms with van der Waals surface area (Å²) in [6, 6.07) is 9.04. The van der Waals surface area contributed by atoms with E-state index in [-0.39, 0.29) is 6.61 Å². The molecular formula is C15H13N5O3. The van der Waals surface area contributed by atoms with Gasteiger partial charge in [-0.25, -0.2) is 4.98 Å². The molecule has 0 aliphatic carbocycles. The smallest absolute Gasteiger partial charge is 0.213 e. The Morgan fingerprint density at radius 2 is 2.17 bits per heavy atom. The lowest BCUT2D eigenvalue weighted by Gasteiger charge is -2.11. The van der Waals surface area contributed by atoms with E-state index in [0.717, 1.165) is 11.1 Å². The Balaban J connectivity index is 1.83. The average Bonchev–Trinajstić information content (AvgIpc) is 3.14. The maximum absolute atomic E-state index is 11.2. The van der Waals surface area contributed by atoms with Gasteiger partial charge < -0.3 is 9.47 Å². The molecule has 23 heavy (non-hydrogen) atoms. The molecule has 2 heterocycles. The van der Waals surface area contributed by atoms with Crippen LogP contribution in [0.2, 0.25) is 0 Å². The quantitative estimate of drug-likeness (QED) is 0.690. The highest BCUT2D eigenvalue weighted by Gasteiger charge is 2.11. The van der Waals surface area contributed by atoms with E-state index >= 15 is 0 Å². The minimum absolute atomic E-state index is 0.236. The molecule has 0 unspecified atom stereocenters. The number of hydrogen-bond donors (Lipinski definition) is 1. The standard InChI is InChI=1S/C15H13N5O3/c1-22-14-6-11(8-21)13(7-16-14)23-9-10-4-2-3-5-12(10)15-17-19-20-18-15/h2-8H,9H2,1H3,(H,17,18,19,20). The molecule has 0 aliphatic heterocycles. The highest BCUT2D eigenvalue weighted by atomic mass is 16.5. The van der Waals surface area contributed by atoms with Gasteiger partial charge in [-0.05, 0) is 5.21 Å². The first kappa shape index (κ1) is 14.6. The molecular weight excluding hydrogens is 298 g/mol. The van der Waals surface area contributed by atoms with Crippen molar-refractivity contribution in [2.24, 2.45) is 0 Å². The van der Waals surface area contributed by atoms with Gasteiger partial charge in [0.1, 0.15) is 12.4 Å². The lowest BCUT2D eigenvalue weighted by molar-refractivity contribution is 0.111. The Labute approximate surface area is 131 Å². The molecule has 0 radical (unpaired) electrons. The summed E-state index contributed by atoms with van der Waals surface area (Å²) in [6.07, 6.45) is 2.16. The van der Waals surface area contributed by atoms with Gasteiger partial charge in [0.05, 0.1) is 18.9 Å². The van der Waals surface area contributed by atoms with Gasteiger partial charge in [-0.3, -0.25) is 4.79 Å². The summed E-state index contributed by atoms with van der Waals surface area (Å²) in [4.78, 5) is 15.2. The SMILES string of the molecule is COc1cc(C=O)c(OCc2ccccc2-c2nn[nH]n2)cn1. The van der Waals surface area contributed by atoms with Gasteiger partial charge in [-0.2, -0.15) is 5.21 Å². The fourth-order valence-electron chi connectivity index (χ4n) is 2.06. The third-order valence-corrected chi connectivity index (χ3v) is 3.20. The average molecular weight is 311 g/mol. The van der Waals surface area contributed by atoms with Gasteiger partial charge >= 0.3 is 0 Å². The third-order valence-electron chi connectivity index (χ3n) is 3.20. The number of benzene rings is 1. The second-order valence-electron chi connectivity index (χ2n) is 4.56. The summed E-state index contributed by atoms with van der Waals surface area (Å²) in [7, 11) is 1.48. The zero-order chi connectivity index (χ0) is 16.1. The first-order chi connectivity index (χ1) is 11.3. The number of aromatic nitrogens is 5. The molecule has 0 bridgehead atoms. The van der Waals surface area contributed by atoms with Crippen molar-refractivity contribution in [1.29, 1.82) is 0 Å². The van der Waals surface area contributed by atoms with Gasteiger partial charge in [0.15, 0.2) is 6.29 Å². The number of carbonyl (C=O) groups is 1. The van der Waals surface area contributed by atoms with E-state index in [1.807, 2.05) is 24.3 Å². The van der Waals surface area contributed by atoms with Crippen LogP contribution in [-0.2, 0) is 6.61 Å². The van der Waals surface area contributed by atoms with Crippen LogP contribution >= 0.6 is 0 Å². The van der Waals surface area contributed by atoms with Crippen molar-refractivity contribution in [3.8, 4) is 23.0 Å². The lowest BCUT2D eigenvalue weighted by Crippen LogP contribution is -2.02. The van der Waals surface area contributed by atoms with Crippen LogP contribution in [0.3, 0.4) is 0 Å². The van der Waals surface area contributed by atoms with E-state index in [9.17, 15) is 4.79 Å². The van der Waals surface area contributed by atoms with Crippen molar-refractivity contribution in [1.82, 2.24) is 25.6 Å². The largest absolute Gasteiger partial charge is 0.487 e. The minimum Gasteiger partial charge on any atom is -0.487 e. The number of methoxy groups -OCH3 is 1. The summed E-state index contributed by atoms with van der Waals surface area (Å²) in [6.45, 7) is 0.236. The maximum Gasteiger partial charge on any atom is 0.213 e. The van der Waals surface area contributed by atoms with Crippen LogP contribution in [0.1, 0.15) is 15.9 Å². The van der Waals surface area contributed by atoms with E-state index < -0.39 is 0 Å². The number of pyridine rings is 1. The first-order valence-electron chi connectivity index (χ1n) is 6.75. The highest BCUT2D eigenvalue weighted by Crippen LogP contribution is 2.24. The van der Waals surface area contributed by atoms with Crippen LogP contribution in [0.5, 0.6) is 11.6 Å². The lowest BCUT2D eigenvalue weighted by atomic mass is 10.1. The number of rotatable bonds is 6. The Morgan fingerprint density at radius 3 is 2.91 bits per heavy atom. The summed E-state index contributed by atoms with van der Waals surface area (Å²) < 4.78 is 10.7. The molecule has 0 fully saturated rings. The van der Waals surface area contributed by atoms with E-state index in [2.05, 4.69) is 25.6 Å². The number of nitrogens with one attached hydrogen (secondary N) is 1. The number of nitrogens with zero attached hydrogens (tertiary/aromatic N) is 4. The molecule has 0 atom stereocenters. The van der Waals surface area contributed by atoms with Crippen molar-refractivity contribution < 1.29 is 14.3 Å². The topological polar surface area (TPSA) is 103 Å². The minimum atomic E-state index is 0.236. The van der Waals surface area contributed by atoms with Crippen molar-refractivity contribution >= 4 is 6.29 Å². The summed E-state index contributed by atoms with van der Waals surface area (Å²) in [5.74, 6) is 1.21. The van der Waals surface area contributed by atoms with Crippen LogP contribution in [0.15, 0.2) is 36.5 Å². The number of aromatic amines is 1. The van der Waals surface area contributed by atoms with Crippen LogP contribution in [0.4, 0.5) is 0 Å². The number of carbonyl (C=O) groups excluding carboxylic acids is 1. The number of hydrogen-bond acceptors (Lipinski definition) is 7. The van der Waals surface area contributed by atoms with Crippen LogP contribution in [0.25, 0.3) is 11.4 Å². The molecule has 3 rings (SSSR count). The zero-order valence-electron chi connectivity index (χ0n) is 12.3. The first-order valence-corrected chi connectivity index (χ1v) is 6.75. The molecule has 0 aliphatic rings. The fraction of sp³-hybridized carbons (Fsp3) is 0.133. The van der Waals surface area contributed by atoms with E-state index in [1.54, 1.807) is 0 Å². The number of aldehydes is 1. The van der Waals surface area contributed by atoms with Crippen LogP contribution in [-0.4, -0.2) is 39.0 Å². The molecule has 3 aromatic rings. The van der Waals surface area contributed by atoms with Gasteiger partial charge in [0.25, 0.3) is 0 Å². The molecule has 0 saturated heterocycles. The molecule has 0 spiro atoms. The van der Waals surface area contributed by atoms with Crippen molar-refractivity contribution in [3.63, 3.8) is 0 Å². The Hall–Kier alpha value is -3.29. The van der Waals surface area contributed by atoms with Crippen molar-refractivity contribution in [2.75, 3.05) is 7.11 Å². The predicted octanol–water partition coefficient (Wildman–Crippen LogP) is 1.66. The maximum atomic E-state index is 11.2. The number of H-pyrrole nitrogens is 1. The monoisotopic (exact) mass is 311 g/mol. The molecule has 1 N–H and O–H groups in total. The number of ether oxygens (including phenoxy) is 2.